The standard InChI is InChI=1S/C13H18FNO3/c1-17-6-5-11(15)12(16)8-9-3-4-13(18-2)10(14)7-9/h3-4,7,11H,5-6,8,15H2,1-2H3. The van der Waals surface area contributed by atoms with Gasteiger partial charge in [0.1, 0.15) is 0 Å². The lowest BCUT2D eigenvalue weighted by Crippen LogP contribution is -2.32. The normalized spacial score (nSPS) is 12.2. The SMILES string of the molecule is COCCC(N)C(=O)Cc1ccc(OC)c(F)c1. The molecule has 0 fully saturated rings. The summed E-state index contributed by atoms with van der Waals surface area (Å²) in [6.07, 6.45) is 0.583. The second-order valence-electron chi connectivity index (χ2n) is 4.00. The van der Waals surface area contributed by atoms with Gasteiger partial charge in [-0.1, -0.05) is 6.07 Å². The van der Waals surface area contributed by atoms with Crippen molar-refractivity contribution in [3.8, 4) is 5.75 Å². The van der Waals surface area contributed by atoms with Crippen LogP contribution in [0, 0.1) is 5.82 Å². The van der Waals surface area contributed by atoms with E-state index < -0.39 is 11.9 Å². The van der Waals surface area contributed by atoms with Gasteiger partial charge in [-0.3, -0.25) is 4.79 Å². The Morgan fingerprint density at radius 3 is 2.72 bits per heavy atom. The van der Waals surface area contributed by atoms with Crippen molar-refractivity contribution < 1.29 is 18.7 Å². The molecule has 0 aliphatic rings. The minimum absolute atomic E-state index is 0.117. The van der Waals surface area contributed by atoms with Crippen LogP contribution >= 0.6 is 0 Å². The maximum absolute atomic E-state index is 13.4. The lowest BCUT2D eigenvalue weighted by atomic mass is 10.0. The largest absolute Gasteiger partial charge is 0.494 e. The highest BCUT2D eigenvalue weighted by Crippen LogP contribution is 2.18. The van der Waals surface area contributed by atoms with Gasteiger partial charge < -0.3 is 15.2 Å². The third kappa shape index (κ3) is 4.09. The third-order valence-electron chi connectivity index (χ3n) is 2.64. The van der Waals surface area contributed by atoms with Crippen LogP contribution < -0.4 is 10.5 Å². The van der Waals surface area contributed by atoms with Crippen LogP contribution in [0.3, 0.4) is 0 Å². The first-order chi connectivity index (χ1) is 8.58. The number of nitrogens with two attached hydrogens (primary N) is 1. The zero-order valence-electron chi connectivity index (χ0n) is 10.6. The van der Waals surface area contributed by atoms with E-state index in [2.05, 4.69) is 0 Å². The Hall–Kier alpha value is -1.46. The summed E-state index contributed by atoms with van der Waals surface area (Å²) in [5, 5.41) is 0. The number of rotatable bonds is 7. The average molecular weight is 255 g/mol. The molecule has 0 radical (unpaired) electrons. The zero-order valence-corrected chi connectivity index (χ0v) is 10.6. The van der Waals surface area contributed by atoms with Crippen molar-refractivity contribution >= 4 is 5.78 Å². The Balaban J connectivity index is 2.61. The van der Waals surface area contributed by atoms with Crippen LogP contribution in [-0.2, 0) is 16.0 Å². The van der Waals surface area contributed by atoms with E-state index in [1.807, 2.05) is 0 Å². The molecule has 1 unspecified atom stereocenters. The Morgan fingerprint density at radius 2 is 2.17 bits per heavy atom. The van der Waals surface area contributed by atoms with Crippen LogP contribution in [0.15, 0.2) is 18.2 Å². The second-order valence-corrected chi connectivity index (χ2v) is 4.00. The van der Waals surface area contributed by atoms with E-state index in [0.717, 1.165) is 0 Å². The molecule has 0 bridgehead atoms. The second kappa shape index (κ2) is 7.08. The molecule has 18 heavy (non-hydrogen) atoms. The molecule has 1 atom stereocenters. The summed E-state index contributed by atoms with van der Waals surface area (Å²) in [6, 6.07) is 3.87. The predicted octanol–water partition coefficient (Wildman–Crippen LogP) is 1.31. The van der Waals surface area contributed by atoms with Crippen molar-refractivity contribution in [1.29, 1.82) is 0 Å². The fourth-order valence-electron chi connectivity index (χ4n) is 1.56. The van der Waals surface area contributed by atoms with Crippen LogP contribution in [0.2, 0.25) is 0 Å². The summed E-state index contributed by atoms with van der Waals surface area (Å²) < 4.78 is 23.1. The van der Waals surface area contributed by atoms with Crippen molar-refractivity contribution in [1.82, 2.24) is 0 Å². The summed E-state index contributed by atoms with van der Waals surface area (Å²) >= 11 is 0. The number of ether oxygens (including phenoxy) is 2. The van der Waals surface area contributed by atoms with E-state index in [9.17, 15) is 9.18 Å². The van der Waals surface area contributed by atoms with E-state index in [0.29, 0.717) is 18.6 Å². The van der Waals surface area contributed by atoms with Crippen LogP contribution in [0.25, 0.3) is 0 Å². The maximum Gasteiger partial charge on any atom is 0.165 e. The van der Waals surface area contributed by atoms with Gasteiger partial charge in [0.15, 0.2) is 17.3 Å². The first-order valence-electron chi connectivity index (χ1n) is 5.68. The van der Waals surface area contributed by atoms with Gasteiger partial charge >= 0.3 is 0 Å². The van der Waals surface area contributed by atoms with Crippen LogP contribution in [0.1, 0.15) is 12.0 Å². The molecule has 0 saturated heterocycles. The van der Waals surface area contributed by atoms with E-state index in [-0.39, 0.29) is 18.0 Å². The lowest BCUT2D eigenvalue weighted by molar-refractivity contribution is -0.120. The van der Waals surface area contributed by atoms with Gasteiger partial charge in [0, 0.05) is 20.1 Å². The van der Waals surface area contributed by atoms with Gasteiger partial charge in [-0.15, -0.1) is 0 Å². The van der Waals surface area contributed by atoms with Gasteiger partial charge in [-0.25, -0.2) is 4.39 Å². The van der Waals surface area contributed by atoms with Crippen molar-refractivity contribution in [2.45, 2.75) is 18.9 Å². The third-order valence-corrected chi connectivity index (χ3v) is 2.64. The number of carbonyl (C=O) groups is 1. The number of hydrogen-bond acceptors (Lipinski definition) is 4. The van der Waals surface area contributed by atoms with E-state index >= 15 is 0 Å². The fraction of sp³-hybridized carbons (Fsp3) is 0.462. The summed E-state index contributed by atoms with van der Waals surface area (Å²) in [5.74, 6) is -0.445. The maximum atomic E-state index is 13.4. The van der Waals surface area contributed by atoms with Crippen molar-refractivity contribution in [2.24, 2.45) is 5.73 Å². The molecular weight excluding hydrogens is 237 g/mol. The molecule has 0 aromatic heterocycles. The predicted molar refractivity (Wildman–Crippen MR) is 66.1 cm³/mol. The molecule has 0 aliphatic heterocycles. The van der Waals surface area contributed by atoms with Gasteiger partial charge in [-0.05, 0) is 24.1 Å². The average Bonchev–Trinajstić information content (AvgIpc) is 2.36. The fourth-order valence-corrected chi connectivity index (χ4v) is 1.56. The first kappa shape index (κ1) is 14.6. The molecule has 0 aliphatic carbocycles. The van der Waals surface area contributed by atoms with Gasteiger partial charge in [0.2, 0.25) is 0 Å². The first-order valence-corrected chi connectivity index (χ1v) is 5.68. The van der Waals surface area contributed by atoms with E-state index in [1.165, 1.54) is 19.2 Å². The number of methoxy groups -OCH3 is 2. The Labute approximate surface area is 106 Å². The van der Waals surface area contributed by atoms with Gasteiger partial charge in [0.05, 0.1) is 13.2 Å². The molecule has 1 rings (SSSR count). The minimum Gasteiger partial charge on any atom is -0.494 e. The monoisotopic (exact) mass is 255 g/mol. The molecular formula is C13H18FNO3. The number of ketones is 1. The van der Waals surface area contributed by atoms with Crippen molar-refractivity contribution in [3.05, 3.63) is 29.6 Å². The zero-order chi connectivity index (χ0) is 13.5. The molecule has 4 nitrogen and oxygen atoms in total. The quantitative estimate of drug-likeness (QED) is 0.798. The van der Waals surface area contributed by atoms with Crippen LogP contribution in [0.5, 0.6) is 5.75 Å². The molecule has 0 amide bonds. The van der Waals surface area contributed by atoms with Gasteiger partial charge in [0.25, 0.3) is 0 Å². The Bertz CT molecular complexity index is 409. The molecule has 0 spiro atoms. The number of hydrogen-bond donors (Lipinski definition) is 1. The highest BCUT2D eigenvalue weighted by atomic mass is 19.1. The topological polar surface area (TPSA) is 61.5 Å². The number of carbonyl (C=O) groups excluding carboxylic acids is 1. The van der Waals surface area contributed by atoms with Crippen LogP contribution in [-0.4, -0.2) is 32.7 Å². The molecule has 2 N–H and O–H groups in total. The summed E-state index contributed by atoms with van der Waals surface area (Å²) in [7, 11) is 2.94. The lowest BCUT2D eigenvalue weighted by Gasteiger charge is -2.10. The number of benzene rings is 1. The van der Waals surface area contributed by atoms with Crippen molar-refractivity contribution in [3.63, 3.8) is 0 Å². The molecule has 100 valence electrons. The summed E-state index contributed by atoms with van der Waals surface area (Å²) in [5.41, 5.74) is 6.29. The Kier molecular flexibility index (Phi) is 5.74. The molecule has 1 aromatic carbocycles. The van der Waals surface area contributed by atoms with Gasteiger partial charge in [-0.2, -0.15) is 0 Å². The summed E-state index contributed by atoms with van der Waals surface area (Å²) in [4.78, 5) is 11.7. The number of Topliss-reactive ketones (excluding diaryl/α,β-unsaturated/α-hetero) is 1. The number of halogens is 1. The molecule has 0 heterocycles. The van der Waals surface area contributed by atoms with E-state index in [1.54, 1.807) is 13.2 Å². The highest BCUT2D eigenvalue weighted by molar-refractivity contribution is 5.85. The molecule has 1 aromatic rings. The highest BCUT2D eigenvalue weighted by Gasteiger charge is 2.14. The molecule has 0 saturated carbocycles. The molecule has 5 heteroatoms. The van der Waals surface area contributed by atoms with E-state index in [4.69, 9.17) is 15.2 Å². The smallest absolute Gasteiger partial charge is 0.165 e. The van der Waals surface area contributed by atoms with Crippen LogP contribution in [0.4, 0.5) is 4.39 Å². The van der Waals surface area contributed by atoms with Crippen molar-refractivity contribution in [2.75, 3.05) is 20.8 Å². The summed E-state index contributed by atoms with van der Waals surface area (Å²) in [6.45, 7) is 0.434. The minimum atomic E-state index is -0.574. The Morgan fingerprint density at radius 1 is 1.44 bits per heavy atom.